The number of hydrogen-bond donors (Lipinski definition) is 2. The molecule has 2 N–H and O–H groups in total. The Morgan fingerprint density at radius 2 is 2.12 bits per heavy atom. The van der Waals surface area contributed by atoms with Crippen molar-refractivity contribution in [2.45, 2.75) is 38.3 Å². The first-order chi connectivity index (χ1) is 11.8. The fourth-order valence-corrected chi connectivity index (χ4v) is 3.02. The number of aryl methyl sites for hydroxylation is 1. The normalized spacial score (nSPS) is 19.2. The summed E-state index contributed by atoms with van der Waals surface area (Å²) in [6, 6.07) is 9.69. The van der Waals surface area contributed by atoms with Crippen molar-refractivity contribution in [3.8, 4) is 5.75 Å². The second-order valence-electron chi connectivity index (χ2n) is 6.56. The van der Waals surface area contributed by atoms with Gasteiger partial charge < -0.3 is 10.1 Å². The summed E-state index contributed by atoms with van der Waals surface area (Å²) >= 11 is 0. The first kappa shape index (κ1) is 15.1. The van der Waals surface area contributed by atoms with Gasteiger partial charge in [-0.05, 0) is 43.2 Å². The number of ether oxygens (including phenoxy) is 1. The van der Waals surface area contributed by atoms with Gasteiger partial charge in [0.05, 0.1) is 12.7 Å². The molecule has 2 aromatic rings. The van der Waals surface area contributed by atoms with E-state index in [1.165, 1.54) is 18.4 Å². The van der Waals surface area contributed by atoms with Crippen LogP contribution in [0.5, 0.6) is 5.75 Å². The number of nitrogens with one attached hydrogen (secondary N) is 2. The van der Waals surface area contributed by atoms with Crippen molar-refractivity contribution in [3.05, 3.63) is 42.1 Å². The standard InChI is InChI=1S/C18H22N4O2/c23-18(21-17-9-10-20-22(17)12-13-5-6-13)19-11-15-8-7-14-3-1-2-4-16(14)24-15/h1-4,9-10,13,15H,5-8,11-12H2,(H2,19,21,23)/t15-/m1/s1. The van der Waals surface area contributed by atoms with E-state index in [0.29, 0.717) is 12.5 Å². The Morgan fingerprint density at radius 3 is 3.00 bits per heavy atom. The third-order valence-corrected chi connectivity index (χ3v) is 4.58. The fourth-order valence-electron chi connectivity index (χ4n) is 3.02. The van der Waals surface area contributed by atoms with Crippen molar-refractivity contribution in [2.75, 3.05) is 11.9 Å². The van der Waals surface area contributed by atoms with Crippen molar-refractivity contribution in [2.24, 2.45) is 5.92 Å². The van der Waals surface area contributed by atoms with Gasteiger partial charge in [-0.15, -0.1) is 0 Å². The lowest BCUT2D eigenvalue weighted by Gasteiger charge is -2.26. The van der Waals surface area contributed by atoms with Crippen molar-refractivity contribution >= 4 is 11.8 Å². The van der Waals surface area contributed by atoms with Crippen LogP contribution in [0.15, 0.2) is 36.5 Å². The molecular formula is C18H22N4O2. The van der Waals surface area contributed by atoms with Crippen LogP contribution in [0.3, 0.4) is 0 Å². The smallest absolute Gasteiger partial charge is 0.320 e. The van der Waals surface area contributed by atoms with E-state index in [0.717, 1.165) is 31.0 Å². The molecule has 1 aliphatic heterocycles. The Balaban J connectivity index is 1.27. The number of urea groups is 1. The summed E-state index contributed by atoms with van der Waals surface area (Å²) in [5.41, 5.74) is 1.24. The molecule has 1 atom stereocenters. The minimum absolute atomic E-state index is 0.0158. The zero-order chi connectivity index (χ0) is 16.4. The van der Waals surface area contributed by atoms with E-state index in [1.54, 1.807) is 6.20 Å². The summed E-state index contributed by atoms with van der Waals surface area (Å²) < 4.78 is 7.81. The number of anilines is 1. The molecule has 0 bridgehead atoms. The van der Waals surface area contributed by atoms with Crippen LogP contribution in [0.25, 0.3) is 0 Å². The molecule has 2 aliphatic rings. The third kappa shape index (κ3) is 3.53. The van der Waals surface area contributed by atoms with E-state index < -0.39 is 0 Å². The lowest BCUT2D eigenvalue weighted by Crippen LogP contribution is -2.39. The summed E-state index contributed by atoms with van der Waals surface area (Å²) in [7, 11) is 0. The summed E-state index contributed by atoms with van der Waals surface area (Å²) in [6.07, 6.45) is 6.15. The van der Waals surface area contributed by atoms with Crippen molar-refractivity contribution < 1.29 is 9.53 Å². The molecule has 1 aromatic carbocycles. The molecule has 0 unspecified atom stereocenters. The van der Waals surface area contributed by atoms with Gasteiger partial charge in [0, 0.05) is 12.6 Å². The molecule has 1 saturated carbocycles. The second kappa shape index (κ2) is 6.55. The quantitative estimate of drug-likeness (QED) is 0.888. The van der Waals surface area contributed by atoms with E-state index in [2.05, 4.69) is 21.8 Å². The highest BCUT2D eigenvalue weighted by atomic mass is 16.5. The summed E-state index contributed by atoms with van der Waals surface area (Å²) in [4.78, 5) is 12.1. The molecule has 0 radical (unpaired) electrons. The molecular weight excluding hydrogens is 304 g/mol. The Hall–Kier alpha value is -2.50. The zero-order valence-corrected chi connectivity index (χ0v) is 13.6. The molecule has 4 rings (SSSR count). The van der Waals surface area contributed by atoms with Crippen molar-refractivity contribution in [1.29, 1.82) is 0 Å². The predicted molar refractivity (Wildman–Crippen MR) is 91.2 cm³/mol. The average Bonchev–Trinajstić information content (AvgIpc) is 3.32. The van der Waals surface area contributed by atoms with Gasteiger partial charge in [-0.2, -0.15) is 5.10 Å². The summed E-state index contributed by atoms with van der Waals surface area (Å²) in [6.45, 7) is 1.38. The van der Waals surface area contributed by atoms with Gasteiger partial charge in [0.2, 0.25) is 0 Å². The van der Waals surface area contributed by atoms with Gasteiger partial charge in [-0.3, -0.25) is 5.32 Å². The highest BCUT2D eigenvalue weighted by Crippen LogP contribution is 2.31. The minimum Gasteiger partial charge on any atom is -0.488 e. The maximum atomic E-state index is 12.1. The monoisotopic (exact) mass is 326 g/mol. The van der Waals surface area contributed by atoms with Gasteiger partial charge in [0.15, 0.2) is 0 Å². The second-order valence-corrected chi connectivity index (χ2v) is 6.56. The molecule has 6 nitrogen and oxygen atoms in total. The SMILES string of the molecule is O=C(NC[C@H]1CCc2ccccc2O1)Nc1ccnn1CC1CC1. The lowest BCUT2D eigenvalue weighted by atomic mass is 10.0. The molecule has 6 heteroatoms. The Morgan fingerprint density at radius 1 is 1.25 bits per heavy atom. The first-order valence-electron chi connectivity index (χ1n) is 8.59. The van der Waals surface area contributed by atoms with E-state index in [9.17, 15) is 4.79 Å². The van der Waals surface area contributed by atoms with E-state index in [4.69, 9.17) is 4.74 Å². The highest BCUT2D eigenvalue weighted by molar-refractivity contribution is 5.88. The Labute approximate surface area is 141 Å². The number of para-hydroxylation sites is 1. The predicted octanol–water partition coefficient (Wildman–Crippen LogP) is 2.81. The maximum absolute atomic E-state index is 12.1. The van der Waals surface area contributed by atoms with Crippen LogP contribution in [0.2, 0.25) is 0 Å². The fraction of sp³-hybridized carbons (Fsp3) is 0.444. The minimum atomic E-state index is -0.213. The largest absolute Gasteiger partial charge is 0.488 e. The number of aromatic nitrogens is 2. The number of nitrogens with zero attached hydrogens (tertiary/aromatic N) is 2. The number of benzene rings is 1. The molecule has 1 aromatic heterocycles. The number of carbonyl (C=O) groups is 1. The first-order valence-corrected chi connectivity index (χ1v) is 8.59. The molecule has 0 saturated heterocycles. The maximum Gasteiger partial charge on any atom is 0.320 e. The van der Waals surface area contributed by atoms with Crippen LogP contribution >= 0.6 is 0 Å². The van der Waals surface area contributed by atoms with Crippen LogP contribution in [-0.4, -0.2) is 28.5 Å². The average molecular weight is 326 g/mol. The summed E-state index contributed by atoms with van der Waals surface area (Å²) in [5.74, 6) is 2.39. The molecule has 2 amide bonds. The van der Waals surface area contributed by atoms with E-state index in [1.807, 2.05) is 28.9 Å². The number of carbonyl (C=O) groups excluding carboxylic acids is 1. The van der Waals surface area contributed by atoms with Gasteiger partial charge in [0.1, 0.15) is 17.7 Å². The number of hydrogen-bond acceptors (Lipinski definition) is 3. The van der Waals surface area contributed by atoms with Crippen LogP contribution in [0, 0.1) is 5.92 Å². The van der Waals surface area contributed by atoms with E-state index in [-0.39, 0.29) is 12.1 Å². The molecule has 1 aliphatic carbocycles. The van der Waals surface area contributed by atoms with Gasteiger partial charge in [-0.25, -0.2) is 9.48 Å². The number of amides is 2. The lowest BCUT2D eigenvalue weighted by molar-refractivity contribution is 0.171. The Bertz CT molecular complexity index is 723. The topological polar surface area (TPSA) is 68.2 Å². The van der Waals surface area contributed by atoms with Crippen LogP contribution in [0.4, 0.5) is 10.6 Å². The van der Waals surface area contributed by atoms with Gasteiger partial charge in [-0.1, -0.05) is 18.2 Å². The van der Waals surface area contributed by atoms with Crippen LogP contribution in [-0.2, 0) is 13.0 Å². The Kier molecular flexibility index (Phi) is 4.11. The highest BCUT2D eigenvalue weighted by Gasteiger charge is 2.23. The molecule has 126 valence electrons. The zero-order valence-electron chi connectivity index (χ0n) is 13.6. The van der Waals surface area contributed by atoms with Gasteiger partial charge >= 0.3 is 6.03 Å². The molecule has 24 heavy (non-hydrogen) atoms. The van der Waals surface area contributed by atoms with Crippen LogP contribution in [0.1, 0.15) is 24.8 Å². The van der Waals surface area contributed by atoms with Crippen molar-refractivity contribution in [1.82, 2.24) is 15.1 Å². The van der Waals surface area contributed by atoms with Crippen LogP contribution < -0.4 is 15.4 Å². The molecule has 1 fully saturated rings. The van der Waals surface area contributed by atoms with Gasteiger partial charge in [0.25, 0.3) is 0 Å². The third-order valence-electron chi connectivity index (χ3n) is 4.58. The molecule has 0 spiro atoms. The number of rotatable bonds is 5. The summed E-state index contributed by atoms with van der Waals surface area (Å²) in [5, 5.41) is 10.1. The number of fused-ring (bicyclic) bond motifs is 1. The van der Waals surface area contributed by atoms with E-state index >= 15 is 0 Å². The molecule has 2 heterocycles. The van der Waals surface area contributed by atoms with Crippen molar-refractivity contribution in [3.63, 3.8) is 0 Å².